The molecule has 1 saturated heterocycles. The van der Waals surface area contributed by atoms with E-state index in [9.17, 15) is 9.59 Å². The van der Waals surface area contributed by atoms with Crippen molar-refractivity contribution >= 4 is 28.5 Å². The van der Waals surface area contributed by atoms with E-state index in [2.05, 4.69) is 26.0 Å². The van der Waals surface area contributed by atoms with Crippen molar-refractivity contribution < 1.29 is 14.3 Å². The van der Waals surface area contributed by atoms with Gasteiger partial charge in [0, 0.05) is 52.0 Å². The summed E-state index contributed by atoms with van der Waals surface area (Å²) in [7, 11) is 0. The number of aryl methyl sites for hydroxylation is 1. The topological polar surface area (TPSA) is 110 Å². The smallest absolute Gasteiger partial charge is 0.255 e. The monoisotopic (exact) mass is 374 g/mol. The van der Waals surface area contributed by atoms with Gasteiger partial charge < -0.3 is 20.7 Å². The fourth-order valence-corrected chi connectivity index (χ4v) is 3.14. The number of pyridine rings is 1. The highest BCUT2D eigenvalue weighted by atomic mass is 16.5. The first-order valence-corrected chi connectivity index (χ1v) is 9.31. The first-order valence-electron chi connectivity index (χ1n) is 9.31. The van der Waals surface area contributed by atoms with Crippen molar-refractivity contribution in [1.82, 2.24) is 25.4 Å². The van der Waals surface area contributed by atoms with Crippen molar-refractivity contribution in [2.75, 3.05) is 31.6 Å². The van der Waals surface area contributed by atoms with Gasteiger partial charge in [0.05, 0.1) is 22.8 Å². The Morgan fingerprint density at radius 1 is 1.22 bits per heavy atom. The second-order valence-corrected chi connectivity index (χ2v) is 6.51. The normalized spacial score (nSPS) is 14.9. The van der Waals surface area contributed by atoms with Crippen LogP contribution in [-0.2, 0) is 16.1 Å². The number of amides is 2. The van der Waals surface area contributed by atoms with Crippen LogP contribution in [0.1, 0.15) is 37.0 Å². The van der Waals surface area contributed by atoms with E-state index in [0.29, 0.717) is 38.4 Å². The van der Waals surface area contributed by atoms with E-state index in [1.807, 2.05) is 11.6 Å². The number of aromatic nitrogens is 3. The molecule has 0 aromatic carbocycles. The lowest BCUT2D eigenvalue weighted by Gasteiger charge is -2.25. The zero-order valence-corrected chi connectivity index (χ0v) is 15.7. The van der Waals surface area contributed by atoms with Gasteiger partial charge in [-0.3, -0.25) is 9.59 Å². The average Bonchev–Trinajstić information content (AvgIpc) is 3.09. The molecule has 3 heterocycles. The minimum atomic E-state index is -0.228. The molecule has 0 spiro atoms. The van der Waals surface area contributed by atoms with Gasteiger partial charge in [-0.05, 0) is 19.8 Å². The van der Waals surface area contributed by atoms with E-state index in [1.54, 1.807) is 12.4 Å². The van der Waals surface area contributed by atoms with Gasteiger partial charge >= 0.3 is 0 Å². The summed E-state index contributed by atoms with van der Waals surface area (Å²) in [6, 6.07) is 0.236. The summed E-state index contributed by atoms with van der Waals surface area (Å²) in [5.41, 5.74) is 1.98. The maximum Gasteiger partial charge on any atom is 0.255 e. The second-order valence-electron chi connectivity index (χ2n) is 6.51. The minimum absolute atomic E-state index is 0.124. The summed E-state index contributed by atoms with van der Waals surface area (Å²) in [5, 5.41) is 14.2. The first-order chi connectivity index (χ1) is 13.1. The molecule has 0 unspecified atom stereocenters. The molecule has 1 aliphatic rings. The summed E-state index contributed by atoms with van der Waals surface area (Å²) in [5.74, 6) is -0.352. The molecule has 0 atom stereocenters. The molecule has 0 bridgehead atoms. The van der Waals surface area contributed by atoms with E-state index >= 15 is 0 Å². The number of nitrogens with one attached hydrogen (secondary N) is 3. The highest BCUT2D eigenvalue weighted by Crippen LogP contribution is 2.28. The number of ether oxygens (including phenoxy) is 1. The highest BCUT2D eigenvalue weighted by molar-refractivity contribution is 6.06. The summed E-state index contributed by atoms with van der Waals surface area (Å²) < 4.78 is 7.23. The third-order valence-corrected chi connectivity index (χ3v) is 4.56. The van der Waals surface area contributed by atoms with Crippen LogP contribution >= 0.6 is 0 Å². The molecule has 3 rings (SSSR count). The molecular weight excluding hydrogens is 348 g/mol. The number of fused-ring (bicyclic) bond motifs is 1. The molecule has 0 saturated carbocycles. The van der Waals surface area contributed by atoms with Gasteiger partial charge in [-0.1, -0.05) is 0 Å². The lowest BCUT2D eigenvalue weighted by atomic mass is 10.1. The number of hydrogen-bond donors (Lipinski definition) is 3. The van der Waals surface area contributed by atoms with E-state index in [4.69, 9.17) is 4.74 Å². The molecule has 3 N–H and O–H groups in total. The van der Waals surface area contributed by atoms with Crippen LogP contribution < -0.4 is 16.0 Å². The Balaban J connectivity index is 1.84. The molecule has 146 valence electrons. The van der Waals surface area contributed by atoms with Crippen molar-refractivity contribution in [3.8, 4) is 0 Å². The molecule has 9 heteroatoms. The van der Waals surface area contributed by atoms with Crippen LogP contribution in [0, 0.1) is 0 Å². The third-order valence-electron chi connectivity index (χ3n) is 4.56. The van der Waals surface area contributed by atoms with Crippen LogP contribution in [0.15, 0.2) is 12.4 Å². The van der Waals surface area contributed by atoms with E-state index in [1.165, 1.54) is 6.92 Å². The van der Waals surface area contributed by atoms with Gasteiger partial charge in [-0.25, -0.2) is 9.67 Å². The van der Waals surface area contributed by atoms with Gasteiger partial charge in [0.2, 0.25) is 5.91 Å². The summed E-state index contributed by atoms with van der Waals surface area (Å²) >= 11 is 0. The molecule has 27 heavy (non-hydrogen) atoms. The number of carbonyl (C=O) groups is 2. The van der Waals surface area contributed by atoms with E-state index < -0.39 is 0 Å². The van der Waals surface area contributed by atoms with Crippen LogP contribution in [0.4, 0.5) is 5.69 Å². The molecule has 2 aromatic rings. The Morgan fingerprint density at radius 2 is 1.96 bits per heavy atom. The number of hydrogen-bond acceptors (Lipinski definition) is 6. The lowest BCUT2D eigenvalue weighted by Crippen LogP contribution is -2.34. The maximum atomic E-state index is 12.7. The van der Waals surface area contributed by atoms with Crippen molar-refractivity contribution in [3.63, 3.8) is 0 Å². The molecule has 0 aliphatic carbocycles. The number of anilines is 1. The van der Waals surface area contributed by atoms with Crippen molar-refractivity contribution in [3.05, 3.63) is 18.0 Å². The summed E-state index contributed by atoms with van der Waals surface area (Å²) in [6.45, 7) is 6.30. The molecule has 9 nitrogen and oxygen atoms in total. The average molecular weight is 374 g/mol. The van der Waals surface area contributed by atoms with Crippen LogP contribution in [0.2, 0.25) is 0 Å². The van der Waals surface area contributed by atoms with E-state index in [0.717, 1.165) is 29.6 Å². The van der Waals surface area contributed by atoms with Crippen LogP contribution in [0.3, 0.4) is 0 Å². The molecule has 2 aromatic heterocycles. The Morgan fingerprint density at radius 3 is 2.67 bits per heavy atom. The lowest BCUT2D eigenvalue weighted by molar-refractivity contribution is -0.118. The zero-order valence-electron chi connectivity index (χ0n) is 15.7. The Kier molecular flexibility index (Phi) is 6.23. The van der Waals surface area contributed by atoms with Gasteiger partial charge in [-0.2, -0.15) is 5.10 Å². The number of carbonyl (C=O) groups excluding carboxylic acids is 2. The number of rotatable bonds is 7. The fraction of sp³-hybridized carbons (Fsp3) is 0.556. The van der Waals surface area contributed by atoms with Gasteiger partial charge in [0.25, 0.3) is 5.91 Å². The molecule has 1 aliphatic heterocycles. The zero-order chi connectivity index (χ0) is 19.2. The summed E-state index contributed by atoms with van der Waals surface area (Å²) in [6.07, 6.45) is 5.11. The van der Waals surface area contributed by atoms with Crippen LogP contribution in [0.5, 0.6) is 0 Å². The molecule has 2 amide bonds. The predicted octanol–water partition coefficient (Wildman–Crippen LogP) is 0.908. The Bertz CT molecular complexity index is 813. The highest BCUT2D eigenvalue weighted by Gasteiger charge is 2.21. The number of nitrogens with zero attached hydrogens (tertiary/aromatic N) is 3. The molecule has 1 fully saturated rings. The van der Waals surface area contributed by atoms with Gasteiger partial charge in [-0.15, -0.1) is 0 Å². The van der Waals surface area contributed by atoms with Crippen LogP contribution in [-0.4, -0.2) is 58.9 Å². The Hall–Kier alpha value is -2.68. The quantitative estimate of drug-likeness (QED) is 0.622. The van der Waals surface area contributed by atoms with Crippen molar-refractivity contribution in [2.24, 2.45) is 0 Å². The third kappa shape index (κ3) is 4.54. The standard InChI is InChI=1S/C18H26N6O3/c1-3-24-17-14(11-22-24)16(23-13-4-8-27-9-5-13)15(10-21-17)18(26)20-7-6-19-12(2)25/h10-11,13H,3-9H2,1-2H3,(H,19,25)(H,20,26)(H,21,23). The molecule has 0 radical (unpaired) electrons. The fourth-order valence-electron chi connectivity index (χ4n) is 3.14. The second kappa shape index (κ2) is 8.81. The van der Waals surface area contributed by atoms with Gasteiger partial charge in [0.15, 0.2) is 5.65 Å². The maximum absolute atomic E-state index is 12.7. The van der Waals surface area contributed by atoms with Crippen LogP contribution in [0.25, 0.3) is 11.0 Å². The van der Waals surface area contributed by atoms with Crippen molar-refractivity contribution in [2.45, 2.75) is 39.3 Å². The van der Waals surface area contributed by atoms with Crippen molar-refractivity contribution in [1.29, 1.82) is 0 Å². The first kappa shape index (κ1) is 19.1. The van der Waals surface area contributed by atoms with E-state index in [-0.39, 0.29) is 17.9 Å². The SMILES string of the molecule is CCn1ncc2c(NC3CCOCC3)c(C(=O)NCCNC(C)=O)cnc21. The largest absolute Gasteiger partial charge is 0.381 e. The van der Waals surface area contributed by atoms with Gasteiger partial charge in [0.1, 0.15) is 0 Å². The minimum Gasteiger partial charge on any atom is -0.381 e. The summed E-state index contributed by atoms with van der Waals surface area (Å²) in [4.78, 5) is 28.1. The molecular formula is C18H26N6O3. The predicted molar refractivity (Wildman–Crippen MR) is 102 cm³/mol. The Labute approximate surface area is 157 Å².